The summed E-state index contributed by atoms with van der Waals surface area (Å²) in [6.07, 6.45) is 2.37. The van der Waals surface area contributed by atoms with Crippen LogP contribution >= 0.6 is 0 Å². The Morgan fingerprint density at radius 3 is 2.61 bits per heavy atom. The SMILES string of the molecule is O=C(O)CCCCCNC(=O)COc1cccc2ccccc12. The second-order valence-electron chi connectivity index (χ2n) is 5.32. The minimum absolute atomic E-state index is 0.0247. The van der Waals surface area contributed by atoms with Gasteiger partial charge in [-0.25, -0.2) is 0 Å². The number of carbonyl (C=O) groups is 2. The third-order valence-electron chi connectivity index (χ3n) is 3.50. The molecule has 0 aliphatic rings. The number of aliphatic carboxylic acids is 1. The average Bonchev–Trinajstić information content (AvgIpc) is 2.55. The first-order valence-corrected chi connectivity index (χ1v) is 7.76. The van der Waals surface area contributed by atoms with Crippen molar-refractivity contribution >= 4 is 22.6 Å². The van der Waals surface area contributed by atoms with Gasteiger partial charge in [-0.3, -0.25) is 9.59 Å². The van der Waals surface area contributed by atoms with Gasteiger partial charge in [-0.2, -0.15) is 0 Å². The maximum absolute atomic E-state index is 11.8. The van der Waals surface area contributed by atoms with Crippen LogP contribution in [-0.4, -0.2) is 30.1 Å². The van der Waals surface area contributed by atoms with E-state index in [9.17, 15) is 9.59 Å². The quantitative estimate of drug-likeness (QED) is 0.698. The number of fused-ring (bicyclic) bond motifs is 1. The monoisotopic (exact) mass is 315 g/mol. The molecule has 0 spiro atoms. The maximum Gasteiger partial charge on any atom is 0.303 e. The highest BCUT2D eigenvalue weighted by Gasteiger charge is 2.05. The van der Waals surface area contributed by atoms with Crippen LogP contribution in [0.3, 0.4) is 0 Å². The van der Waals surface area contributed by atoms with Crippen LogP contribution in [-0.2, 0) is 9.59 Å². The molecule has 2 N–H and O–H groups in total. The summed E-state index contributed by atoms with van der Waals surface area (Å²) < 4.78 is 5.60. The van der Waals surface area contributed by atoms with Crippen LogP contribution in [0.25, 0.3) is 10.8 Å². The van der Waals surface area contributed by atoms with Crippen molar-refractivity contribution < 1.29 is 19.4 Å². The molecule has 2 aromatic rings. The zero-order chi connectivity index (χ0) is 16.5. The molecule has 0 aliphatic carbocycles. The fourth-order valence-corrected chi connectivity index (χ4v) is 2.32. The molecule has 0 saturated carbocycles. The van der Waals surface area contributed by atoms with Crippen LogP contribution in [0.5, 0.6) is 5.75 Å². The van der Waals surface area contributed by atoms with Gasteiger partial charge in [0.05, 0.1) is 0 Å². The van der Waals surface area contributed by atoms with E-state index in [0.29, 0.717) is 18.7 Å². The summed E-state index contributed by atoms with van der Waals surface area (Å²) in [6, 6.07) is 13.6. The van der Waals surface area contributed by atoms with Crippen LogP contribution in [0, 0.1) is 0 Å². The second kappa shape index (κ2) is 8.78. The highest BCUT2D eigenvalue weighted by atomic mass is 16.5. The van der Waals surface area contributed by atoms with Gasteiger partial charge >= 0.3 is 5.97 Å². The predicted octanol–water partition coefficient (Wildman–Crippen LogP) is 2.98. The summed E-state index contributed by atoms with van der Waals surface area (Å²) in [6.45, 7) is 0.514. The van der Waals surface area contributed by atoms with E-state index in [0.717, 1.165) is 23.6 Å². The molecule has 23 heavy (non-hydrogen) atoms. The van der Waals surface area contributed by atoms with Gasteiger partial charge < -0.3 is 15.2 Å². The first-order valence-electron chi connectivity index (χ1n) is 7.76. The molecule has 1 amide bonds. The van der Waals surface area contributed by atoms with Crippen LogP contribution in [0.2, 0.25) is 0 Å². The second-order valence-corrected chi connectivity index (χ2v) is 5.32. The number of rotatable bonds is 9. The van der Waals surface area contributed by atoms with Crippen molar-refractivity contribution in [2.45, 2.75) is 25.7 Å². The Hall–Kier alpha value is -2.56. The van der Waals surface area contributed by atoms with Gasteiger partial charge in [-0.05, 0) is 24.3 Å². The molecule has 0 fully saturated rings. The Labute approximate surface area is 135 Å². The molecular weight excluding hydrogens is 294 g/mol. The summed E-state index contributed by atoms with van der Waals surface area (Å²) in [5.74, 6) is -0.256. The molecule has 0 bridgehead atoms. The van der Waals surface area contributed by atoms with Crippen LogP contribution in [0.15, 0.2) is 42.5 Å². The largest absolute Gasteiger partial charge is 0.483 e. The van der Waals surface area contributed by atoms with Gasteiger partial charge in [-0.1, -0.05) is 42.8 Å². The van der Waals surface area contributed by atoms with Crippen molar-refractivity contribution in [2.24, 2.45) is 0 Å². The third kappa shape index (κ3) is 5.62. The number of hydrogen-bond donors (Lipinski definition) is 2. The summed E-state index contributed by atoms with van der Waals surface area (Å²) >= 11 is 0. The Balaban J connectivity index is 1.71. The van der Waals surface area contributed by atoms with Gasteiger partial charge in [0.2, 0.25) is 0 Å². The molecule has 122 valence electrons. The van der Waals surface area contributed by atoms with Gasteiger partial charge in [0, 0.05) is 18.4 Å². The van der Waals surface area contributed by atoms with E-state index in [-0.39, 0.29) is 18.9 Å². The van der Waals surface area contributed by atoms with Gasteiger partial charge in [-0.15, -0.1) is 0 Å². The summed E-state index contributed by atoms with van der Waals surface area (Å²) in [5.41, 5.74) is 0. The van der Waals surface area contributed by atoms with Crippen molar-refractivity contribution in [1.29, 1.82) is 0 Å². The van der Waals surface area contributed by atoms with Crippen molar-refractivity contribution in [2.75, 3.05) is 13.2 Å². The molecule has 0 saturated heterocycles. The lowest BCUT2D eigenvalue weighted by Gasteiger charge is -2.09. The van der Waals surface area contributed by atoms with Crippen molar-refractivity contribution in [3.8, 4) is 5.75 Å². The lowest BCUT2D eigenvalue weighted by atomic mass is 10.1. The van der Waals surface area contributed by atoms with Crippen LogP contribution < -0.4 is 10.1 Å². The van der Waals surface area contributed by atoms with E-state index in [1.54, 1.807) is 0 Å². The Kier molecular flexibility index (Phi) is 6.41. The smallest absolute Gasteiger partial charge is 0.303 e. The fraction of sp³-hybridized carbons (Fsp3) is 0.333. The van der Waals surface area contributed by atoms with E-state index >= 15 is 0 Å². The highest BCUT2D eigenvalue weighted by Crippen LogP contribution is 2.24. The van der Waals surface area contributed by atoms with Gasteiger partial charge in [0.1, 0.15) is 5.75 Å². The molecule has 2 rings (SSSR count). The Bertz CT molecular complexity index is 664. The van der Waals surface area contributed by atoms with E-state index in [4.69, 9.17) is 9.84 Å². The lowest BCUT2D eigenvalue weighted by Crippen LogP contribution is -2.29. The number of ether oxygens (including phenoxy) is 1. The summed E-state index contributed by atoms with van der Waals surface area (Å²) in [5, 5.41) is 13.4. The standard InChI is InChI=1S/C18H21NO4/c20-17(19-12-5-1-2-11-18(21)22)13-23-16-10-6-8-14-7-3-4-9-15(14)16/h3-4,6-10H,1-2,5,11-13H2,(H,19,20)(H,21,22). The molecule has 5 nitrogen and oxygen atoms in total. The molecule has 0 radical (unpaired) electrons. The third-order valence-corrected chi connectivity index (χ3v) is 3.50. The summed E-state index contributed by atoms with van der Waals surface area (Å²) in [7, 11) is 0. The average molecular weight is 315 g/mol. The van der Waals surface area contributed by atoms with E-state index in [2.05, 4.69) is 5.32 Å². The molecule has 0 aromatic heterocycles. The molecule has 0 atom stereocenters. The number of amides is 1. The molecule has 5 heteroatoms. The first-order chi connectivity index (χ1) is 11.2. The number of benzene rings is 2. The van der Waals surface area contributed by atoms with Crippen LogP contribution in [0.4, 0.5) is 0 Å². The van der Waals surface area contributed by atoms with Crippen LogP contribution in [0.1, 0.15) is 25.7 Å². The zero-order valence-corrected chi connectivity index (χ0v) is 13.0. The number of unbranched alkanes of at least 4 members (excludes halogenated alkanes) is 2. The van der Waals surface area contributed by atoms with E-state index in [1.165, 1.54) is 0 Å². The van der Waals surface area contributed by atoms with Crippen molar-refractivity contribution in [1.82, 2.24) is 5.32 Å². The normalized spacial score (nSPS) is 10.4. The summed E-state index contributed by atoms with van der Waals surface area (Å²) in [4.78, 5) is 22.1. The van der Waals surface area contributed by atoms with Crippen molar-refractivity contribution in [3.05, 3.63) is 42.5 Å². The van der Waals surface area contributed by atoms with E-state index < -0.39 is 5.97 Å². The minimum Gasteiger partial charge on any atom is -0.483 e. The molecular formula is C18H21NO4. The first kappa shape index (κ1) is 16.8. The molecule has 0 heterocycles. The van der Waals surface area contributed by atoms with Gasteiger partial charge in [0.15, 0.2) is 6.61 Å². The predicted molar refractivity (Wildman–Crippen MR) is 88.6 cm³/mol. The fourth-order valence-electron chi connectivity index (χ4n) is 2.32. The Morgan fingerprint density at radius 1 is 1.00 bits per heavy atom. The number of carbonyl (C=O) groups excluding carboxylic acids is 1. The highest BCUT2D eigenvalue weighted by molar-refractivity contribution is 5.88. The number of carboxylic acid groups (broad SMARTS) is 1. The lowest BCUT2D eigenvalue weighted by molar-refractivity contribution is -0.137. The minimum atomic E-state index is -0.780. The van der Waals surface area contributed by atoms with E-state index in [1.807, 2.05) is 42.5 Å². The Morgan fingerprint density at radius 2 is 1.78 bits per heavy atom. The maximum atomic E-state index is 11.8. The van der Waals surface area contributed by atoms with Gasteiger partial charge in [0.25, 0.3) is 5.91 Å². The zero-order valence-electron chi connectivity index (χ0n) is 13.0. The molecule has 2 aromatic carbocycles. The topological polar surface area (TPSA) is 75.6 Å². The number of hydrogen-bond acceptors (Lipinski definition) is 3. The number of carboxylic acids is 1. The number of nitrogens with one attached hydrogen (secondary N) is 1. The molecule has 0 unspecified atom stereocenters. The van der Waals surface area contributed by atoms with Crippen molar-refractivity contribution in [3.63, 3.8) is 0 Å². The molecule has 0 aliphatic heterocycles.